The summed E-state index contributed by atoms with van der Waals surface area (Å²) in [4.78, 5) is 28.3. The molecular weight excluding hydrogens is 382 g/mol. The van der Waals surface area contributed by atoms with Crippen molar-refractivity contribution in [1.29, 1.82) is 0 Å². The van der Waals surface area contributed by atoms with E-state index in [1.165, 1.54) is 10.9 Å². The summed E-state index contributed by atoms with van der Waals surface area (Å²) < 4.78 is 0. The van der Waals surface area contributed by atoms with Crippen LogP contribution < -0.4 is 10.2 Å². The smallest absolute Gasteiger partial charge is 0.224 e. The van der Waals surface area contributed by atoms with E-state index in [1.807, 2.05) is 30.5 Å². The number of aromatic nitrogens is 3. The molecule has 3 aromatic heterocycles. The monoisotopic (exact) mass is 405 g/mol. The van der Waals surface area contributed by atoms with Crippen LogP contribution in [-0.2, 0) is 11.2 Å². The number of thiazole rings is 1. The number of H-pyrrole nitrogens is 1. The van der Waals surface area contributed by atoms with Gasteiger partial charge in [-0.1, -0.05) is 29.5 Å². The first-order chi connectivity index (χ1) is 14.3. The van der Waals surface area contributed by atoms with Gasteiger partial charge in [0, 0.05) is 42.9 Å². The first-order valence-electron chi connectivity index (χ1n) is 10.1. The van der Waals surface area contributed by atoms with E-state index in [1.54, 1.807) is 17.5 Å². The van der Waals surface area contributed by atoms with Crippen molar-refractivity contribution < 1.29 is 4.79 Å². The number of carbonyl (C=O) groups excluding carboxylic acids is 1. The number of hydrogen-bond acceptors (Lipinski definition) is 5. The van der Waals surface area contributed by atoms with Crippen LogP contribution in [0.3, 0.4) is 0 Å². The largest absolute Gasteiger partial charge is 0.361 e. The number of benzene rings is 1. The Morgan fingerprint density at radius 2 is 2.21 bits per heavy atom. The molecule has 7 heteroatoms. The molecule has 6 nitrogen and oxygen atoms in total. The molecule has 4 aromatic rings. The van der Waals surface area contributed by atoms with Crippen LogP contribution in [0.5, 0.6) is 0 Å². The molecule has 1 aliphatic heterocycles. The molecule has 1 saturated heterocycles. The van der Waals surface area contributed by atoms with Crippen LogP contribution >= 0.6 is 11.3 Å². The van der Waals surface area contributed by atoms with Gasteiger partial charge in [0.05, 0.1) is 5.92 Å². The maximum absolute atomic E-state index is 12.8. The summed E-state index contributed by atoms with van der Waals surface area (Å²) in [6, 6.07) is 12.2. The molecule has 1 amide bonds. The minimum Gasteiger partial charge on any atom is -0.361 e. The molecular formula is C22H23N5OS. The number of piperidine rings is 1. The van der Waals surface area contributed by atoms with E-state index in [0.29, 0.717) is 6.54 Å². The number of aromatic amines is 1. The van der Waals surface area contributed by atoms with Gasteiger partial charge in [0.25, 0.3) is 0 Å². The number of amides is 1. The van der Waals surface area contributed by atoms with E-state index < -0.39 is 0 Å². The SMILES string of the molecule is O=C(NCCc1c[nH]c2ccccc12)[C@H]1CCCN(c2nc3cccnc3s2)C1. The topological polar surface area (TPSA) is 73.9 Å². The van der Waals surface area contributed by atoms with Crippen molar-refractivity contribution in [2.75, 3.05) is 24.5 Å². The van der Waals surface area contributed by atoms with Crippen LogP contribution in [0.2, 0.25) is 0 Å². The molecule has 1 fully saturated rings. The third kappa shape index (κ3) is 3.70. The van der Waals surface area contributed by atoms with Crippen molar-refractivity contribution in [1.82, 2.24) is 20.3 Å². The second-order valence-electron chi connectivity index (χ2n) is 7.51. The molecule has 0 aliphatic carbocycles. The fraction of sp³-hybridized carbons (Fsp3) is 0.318. The lowest BCUT2D eigenvalue weighted by molar-refractivity contribution is -0.125. The Morgan fingerprint density at radius 3 is 3.14 bits per heavy atom. The van der Waals surface area contributed by atoms with Gasteiger partial charge in [-0.2, -0.15) is 0 Å². The number of fused-ring (bicyclic) bond motifs is 2. The molecule has 1 aliphatic rings. The van der Waals surface area contributed by atoms with E-state index in [0.717, 1.165) is 53.3 Å². The molecule has 0 saturated carbocycles. The maximum atomic E-state index is 12.8. The summed E-state index contributed by atoms with van der Waals surface area (Å²) in [6.07, 6.45) is 6.60. The Bertz CT molecular complexity index is 1120. The second kappa shape index (κ2) is 7.83. The number of rotatable bonds is 5. The lowest BCUT2D eigenvalue weighted by Crippen LogP contribution is -2.43. The van der Waals surface area contributed by atoms with Gasteiger partial charge in [0.2, 0.25) is 5.91 Å². The highest BCUT2D eigenvalue weighted by Gasteiger charge is 2.27. The zero-order valence-electron chi connectivity index (χ0n) is 16.1. The number of nitrogens with one attached hydrogen (secondary N) is 2. The molecule has 148 valence electrons. The Hall–Kier alpha value is -2.93. The van der Waals surface area contributed by atoms with Gasteiger partial charge < -0.3 is 15.2 Å². The molecule has 0 spiro atoms. The summed E-state index contributed by atoms with van der Waals surface area (Å²) in [6.45, 7) is 2.32. The Balaban J connectivity index is 1.19. The average Bonchev–Trinajstić information content (AvgIpc) is 3.38. The van der Waals surface area contributed by atoms with E-state index >= 15 is 0 Å². The van der Waals surface area contributed by atoms with Gasteiger partial charge >= 0.3 is 0 Å². The van der Waals surface area contributed by atoms with Gasteiger partial charge in [0.1, 0.15) is 10.3 Å². The number of carbonyl (C=O) groups is 1. The minimum atomic E-state index is 0.00619. The summed E-state index contributed by atoms with van der Waals surface area (Å²) in [5.74, 6) is 0.153. The normalized spacial score (nSPS) is 17.1. The standard InChI is InChI=1S/C22H23N5OS/c28-20(23-11-9-15-13-25-18-7-2-1-6-17(15)18)16-5-4-12-27(14-16)22-26-19-8-3-10-24-21(19)29-22/h1-3,6-8,10,13,16,25H,4-5,9,11-12,14H2,(H,23,28)/t16-/m0/s1. The zero-order valence-corrected chi connectivity index (χ0v) is 16.9. The van der Waals surface area contributed by atoms with Crippen LogP contribution in [-0.4, -0.2) is 40.5 Å². The van der Waals surface area contributed by atoms with Gasteiger partial charge in [-0.3, -0.25) is 4.79 Å². The van der Waals surface area contributed by atoms with Crippen molar-refractivity contribution in [3.05, 3.63) is 54.4 Å². The predicted octanol–water partition coefficient (Wildman–Crippen LogP) is 3.75. The fourth-order valence-electron chi connectivity index (χ4n) is 4.06. The fourth-order valence-corrected chi connectivity index (χ4v) is 5.01. The van der Waals surface area contributed by atoms with Crippen molar-refractivity contribution in [3.63, 3.8) is 0 Å². The molecule has 29 heavy (non-hydrogen) atoms. The lowest BCUT2D eigenvalue weighted by Gasteiger charge is -2.31. The van der Waals surface area contributed by atoms with Crippen molar-refractivity contribution >= 4 is 43.6 Å². The highest BCUT2D eigenvalue weighted by Crippen LogP contribution is 2.30. The van der Waals surface area contributed by atoms with E-state index in [-0.39, 0.29) is 11.8 Å². The van der Waals surface area contributed by atoms with Crippen LogP contribution in [0, 0.1) is 5.92 Å². The summed E-state index contributed by atoms with van der Waals surface area (Å²) in [7, 11) is 0. The van der Waals surface area contributed by atoms with Crippen LogP contribution in [0.4, 0.5) is 5.13 Å². The molecule has 1 atom stereocenters. The first kappa shape index (κ1) is 18.1. The van der Waals surface area contributed by atoms with Crippen molar-refractivity contribution in [2.24, 2.45) is 5.92 Å². The molecule has 5 rings (SSSR count). The predicted molar refractivity (Wildman–Crippen MR) is 117 cm³/mol. The zero-order chi connectivity index (χ0) is 19.6. The third-order valence-corrected chi connectivity index (χ3v) is 6.63. The van der Waals surface area contributed by atoms with Gasteiger partial charge in [0.15, 0.2) is 5.13 Å². The highest BCUT2D eigenvalue weighted by molar-refractivity contribution is 7.21. The summed E-state index contributed by atoms with van der Waals surface area (Å²) >= 11 is 1.60. The van der Waals surface area contributed by atoms with Crippen LogP contribution in [0.25, 0.3) is 21.3 Å². The number of para-hydroxylation sites is 1. The van der Waals surface area contributed by atoms with Gasteiger partial charge in [-0.25, -0.2) is 9.97 Å². The lowest BCUT2D eigenvalue weighted by atomic mass is 9.97. The maximum Gasteiger partial charge on any atom is 0.224 e. The number of pyridine rings is 1. The number of nitrogens with zero attached hydrogens (tertiary/aromatic N) is 3. The van der Waals surface area contributed by atoms with E-state index in [2.05, 4.69) is 32.3 Å². The molecule has 2 N–H and O–H groups in total. The Labute approximate surface area is 173 Å². The van der Waals surface area contributed by atoms with Crippen molar-refractivity contribution in [3.8, 4) is 0 Å². The first-order valence-corrected chi connectivity index (χ1v) is 10.9. The van der Waals surface area contributed by atoms with Gasteiger partial charge in [-0.05, 0) is 43.0 Å². The van der Waals surface area contributed by atoms with Crippen molar-refractivity contribution in [2.45, 2.75) is 19.3 Å². The highest BCUT2D eigenvalue weighted by atomic mass is 32.1. The number of anilines is 1. The van der Waals surface area contributed by atoms with Crippen LogP contribution in [0.1, 0.15) is 18.4 Å². The quantitative estimate of drug-likeness (QED) is 0.530. The number of hydrogen-bond donors (Lipinski definition) is 2. The Kier molecular flexibility index (Phi) is 4.89. The van der Waals surface area contributed by atoms with E-state index in [9.17, 15) is 4.79 Å². The summed E-state index contributed by atoms with van der Waals surface area (Å²) in [5.41, 5.74) is 3.31. The summed E-state index contributed by atoms with van der Waals surface area (Å²) in [5, 5.41) is 5.34. The third-order valence-electron chi connectivity index (χ3n) is 5.59. The van der Waals surface area contributed by atoms with Crippen LogP contribution in [0.15, 0.2) is 48.8 Å². The second-order valence-corrected chi connectivity index (χ2v) is 8.47. The average molecular weight is 406 g/mol. The van der Waals surface area contributed by atoms with E-state index in [4.69, 9.17) is 4.98 Å². The molecule has 1 aromatic carbocycles. The minimum absolute atomic E-state index is 0.00619. The Morgan fingerprint density at radius 1 is 1.28 bits per heavy atom. The molecule has 0 bridgehead atoms. The molecule has 4 heterocycles. The van der Waals surface area contributed by atoms with Gasteiger partial charge in [-0.15, -0.1) is 0 Å². The molecule has 0 unspecified atom stereocenters. The molecule has 0 radical (unpaired) electrons.